The maximum Gasteiger partial charge on any atom is 0.459 e. The van der Waals surface area contributed by atoms with Gasteiger partial charge in [-0.3, -0.25) is 13.9 Å². The molecule has 1 aliphatic heterocycles. The third-order valence-electron chi connectivity index (χ3n) is 4.80. The minimum atomic E-state index is -4.06. The van der Waals surface area contributed by atoms with Crippen LogP contribution in [0.2, 0.25) is 10.4 Å². The number of hydrogen-bond donors (Lipinski definition) is 1. The molecule has 0 radical (unpaired) electrons. The van der Waals surface area contributed by atoms with Crippen LogP contribution in [-0.2, 0) is 28.1 Å². The van der Waals surface area contributed by atoms with Crippen LogP contribution in [-0.4, -0.2) is 57.1 Å². The molecule has 0 amide bonds. The highest BCUT2D eigenvalue weighted by molar-refractivity contribution is 7.52. The Hall–Kier alpha value is -2.31. The molecule has 0 spiro atoms. The number of esters is 1. The quantitative estimate of drug-likeness (QED) is 0.166. The molecule has 1 saturated heterocycles. The number of nitrogens with one attached hydrogen (secondary N) is 1. The molecular formula is C21H24Cl2N5O7P. The van der Waals surface area contributed by atoms with Crippen molar-refractivity contribution in [3.63, 3.8) is 0 Å². The van der Waals surface area contributed by atoms with E-state index in [0.717, 1.165) is 0 Å². The molecule has 2 aromatic heterocycles. The minimum absolute atomic E-state index is 0.0387. The highest BCUT2D eigenvalue weighted by atomic mass is 35.5. The number of carbonyl (C=O) groups is 1. The van der Waals surface area contributed by atoms with Gasteiger partial charge in [-0.05, 0) is 44.5 Å². The Labute approximate surface area is 216 Å². The van der Waals surface area contributed by atoms with E-state index in [1.54, 1.807) is 48.7 Å². The van der Waals surface area contributed by atoms with Crippen molar-refractivity contribution in [2.75, 3.05) is 13.2 Å². The lowest BCUT2D eigenvalue weighted by atomic mass is 10.3. The second-order valence-corrected chi connectivity index (χ2v) is 10.4. The smallest absolute Gasteiger partial charge is 0.459 e. The van der Waals surface area contributed by atoms with Crippen LogP contribution in [0.4, 0.5) is 0 Å². The van der Waals surface area contributed by atoms with E-state index in [1.807, 2.05) is 0 Å². The molecule has 1 fully saturated rings. The lowest BCUT2D eigenvalue weighted by Crippen LogP contribution is -2.36. The molecule has 0 bridgehead atoms. The van der Waals surface area contributed by atoms with Gasteiger partial charge in [-0.25, -0.2) is 14.5 Å². The first-order chi connectivity index (χ1) is 17.1. The van der Waals surface area contributed by atoms with Crippen LogP contribution < -0.4 is 9.61 Å². The van der Waals surface area contributed by atoms with Gasteiger partial charge in [0, 0.05) is 0 Å². The number of imidazole rings is 1. The Morgan fingerprint density at radius 1 is 1.25 bits per heavy atom. The summed E-state index contributed by atoms with van der Waals surface area (Å²) in [6, 6.07) is 7.43. The number of para-hydroxylation sites is 1. The highest BCUT2D eigenvalue weighted by Gasteiger charge is 2.36. The second kappa shape index (κ2) is 11.4. The third kappa shape index (κ3) is 6.51. The first kappa shape index (κ1) is 26.7. The van der Waals surface area contributed by atoms with Crippen molar-refractivity contribution < 1.29 is 32.6 Å². The van der Waals surface area contributed by atoms with Gasteiger partial charge >= 0.3 is 13.7 Å². The second-order valence-electron chi connectivity index (χ2n) is 8.00. The molecule has 36 heavy (non-hydrogen) atoms. The number of fused-ring (bicyclic) bond motifs is 1. The summed E-state index contributed by atoms with van der Waals surface area (Å²) < 4.78 is 43.1. The standard InChI is InChI=1S/C21H24Cl2N5O7P/c1-12(2)33-20(29)13(3)27-36(30,35-14-7-5-4-6-8-14)32-10-16-31-9-15(34-16)28-11-24-17-18(22)25-21(23)26-19(17)28/h4-8,11-13,15-16H,9-10H2,1-3H3,(H,27,30)/t13-,15+,16+,36?/m0/s1. The van der Waals surface area contributed by atoms with Crippen LogP contribution in [0.25, 0.3) is 11.2 Å². The third-order valence-corrected chi connectivity index (χ3v) is 6.88. The van der Waals surface area contributed by atoms with Gasteiger partial charge in [0.15, 0.2) is 23.3 Å². The van der Waals surface area contributed by atoms with E-state index in [9.17, 15) is 9.36 Å². The molecule has 1 aromatic carbocycles. The molecule has 4 atom stereocenters. The molecule has 3 heterocycles. The number of hydrogen-bond acceptors (Lipinski definition) is 10. The maximum atomic E-state index is 13.6. The van der Waals surface area contributed by atoms with Gasteiger partial charge in [-0.2, -0.15) is 10.1 Å². The fourth-order valence-electron chi connectivity index (χ4n) is 3.24. The zero-order valence-electron chi connectivity index (χ0n) is 19.5. The van der Waals surface area contributed by atoms with Crippen molar-refractivity contribution >= 4 is 48.1 Å². The van der Waals surface area contributed by atoms with E-state index in [2.05, 4.69) is 20.0 Å². The molecule has 15 heteroatoms. The Balaban J connectivity index is 1.44. The highest BCUT2D eigenvalue weighted by Crippen LogP contribution is 2.45. The Morgan fingerprint density at radius 3 is 2.72 bits per heavy atom. The summed E-state index contributed by atoms with van der Waals surface area (Å²) in [5.74, 6) is -0.326. The summed E-state index contributed by atoms with van der Waals surface area (Å²) in [4.78, 5) is 24.5. The predicted octanol–water partition coefficient (Wildman–Crippen LogP) is 4.14. The van der Waals surface area contributed by atoms with E-state index >= 15 is 0 Å². The molecular weight excluding hydrogens is 536 g/mol. The van der Waals surface area contributed by atoms with Crippen LogP contribution >= 0.6 is 30.9 Å². The molecule has 1 aliphatic rings. The molecule has 4 rings (SSSR count). The summed E-state index contributed by atoms with van der Waals surface area (Å²) >= 11 is 12.0. The number of ether oxygens (including phenoxy) is 3. The fraction of sp³-hybridized carbons (Fsp3) is 0.429. The van der Waals surface area contributed by atoms with Gasteiger partial charge < -0.3 is 18.7 Å². The van der Waals surface area contributed by atoms with Crippen molar-refractivity contribution in [1.29, 1.82) is 0 Å². The number of carbonyl (C=O) groups excluding carboxylic acids is 1. The van der Waals surface area contributed by atoms with Crippen LogP contribution in [0, 0.1) is 0 Å². The Morgan fingerprint density at radius 2 is 2.00 bits per heavy atom. The van der Waals surface area contributed by atoms with Crippen molar-refractivity contribution in [3.8, 4) is 5.75 Å². The molecule has 1 unspecified atom stereocenters. The molecule has 3 aromatic rings. The van der Waals surface area contributed by atoms with Crippen LogP contribution in [0.1, 0.15) is 27.0 Å². The van der Waals surface area contributed by atoms with E-state index in [0.29, 0.717) is 11.2 Å². The first-order valence-corrected chi connectivity index (χ1v) is 13.2. The van der Waals surface area contributed by atoms with Crippen molar-refractivity contribution in [2.24, 2.45) is 0 Å². The van der Waals surface area contributed by atoms with E-state index in [4.69, 9.17) is 46.5 Å². The predicted molar refractivity (Wildman–Crippen MR) is 130 cm³/mol. The van der Waals surface area contributed by atoms with Crippen LogP contribution in [0.3, 0.4) is 0 Å². The van der Waals surface area contributed by atoms with Crippen molar-refractivity contribution in [1.82, 2.24) is 24.6 Å². The Bertz CT molecular complexity index is 1260. The van der Waals surface area contributed by atoms with Crippen molar-refractivity contribution in [2.45, 2.75) is 45.4 Å². The number of aromatic nitrogens is 4. The van der Waals surface area contributed by atoms with Gasteiger partial charge in [0.25, 0.3) is 0 Å². The minimum Gasteiger partial charge on any atom is -0.462 e. The van der Waals surface area contributed by atoms with E-state index < -0.39 is 32.3 Å². The number of halogens is 2. The number of rotatable bonds is 10. The van der Waals surface area contributed by atoms with E-state index in [-0.39, 0.29) is 35.5 Å². The zero-order chi connectivity index (χ0) is 25.9. The Kier molecular flexibility index (Phi) is 8.46. The van der Waals surface area contributed by atoms with Crippen LogP contribution in [0.15, 0.2) is 36.7 Å². The van der Waals surface area contributed by atoms with Crippen molar-refractivity contribution in [3.05, 3.63) is 47.1 Å². The molecule has 0 saturated carbocycles. The van der Waals surface area contributed by atoms with Gasteiger partial charge in [0.2, 0.25) is 5.28 Å². The average molecular weight is 560 g/mol. The molecule has 12 nitrogen and oxygen atoms in total. The van der Waals surface area contributed by atoms with Gasteiger partial charge in [0.1, 0.15) is 23.9 Å². The topological polar surface area (TPSA) is 136 Å². The first-order valence-electron chi connectivity index (χ1n) is 10.9. The normalized spacial score (nSPS) is 20.4. The molecule has 0 aliphatic carbocycles. The van der Waals surface area contributed by atoms with Gasteiger partial charge in [-0.1, -0.05) is 29.8 Å². The SMILES string of the molecule is CC(C)OC(=O)[C@H](C)NP(=O)(OC[C@@H]1OC[C@H](n2cnc3c(Cl)nc(Cl)nc32)O1)Oc1ccccc1. The fourth-order valence-corrected chi connectivity index (χ4v) is 5.14. The van der Waals surface area contributed by atoms with E-state index in [1.165, 1.54) is 13.3 Å². The summed E-state index contributed by atoms with van der Waals surface area (Å²) in [7, 11) is -4.06. The lowest BCUT2D eigenvalue weighted by Gasteiger charge is -2.24. The lowest BCUT2D eigenvalue weighted by molar-refractivity contribution is -0.149. The van der Waals surface area contributed by atoms with Gasteiger partial charge in [-0.15, -0.1) is 0 Å². The monoisotopic (exact) mass is 559 g/mol. The summed E-state index contributed by atoms with van der Waals surface area (Å²) in [6.45, 7) is 4.76. The average Bonchev–Trinajstić information content (AvgIpc) is 3.45. The zero-order valence-corrected chi connectivity index (χ0v) is 21.9. The number of benzene rings is 1. The largest absolute Gasteiger partial charge is 0.462 e. The van der Waals surface area contributed by atoms with Crippen LogP contribution in [0.5, 0.6) is 5.75 Å². The summed E-state index contributed by atoms with van der Waals surface area (Å²) in [5, 5.41) is 2.68. The van der Waals surface area contributed by atoms with Gasteiger partial charge in [0.05, 0.1) is 19.0 Å². The number of nitrogens with zero attached hydrogens (tertiary/aromatic N) is 4. The molecule has 1 N–H and O–H groups in total. The summed E-state index contributed by atoms with van der Waals surface area (Å²) in [5.41, 5.74) is 0.726. The summed E-state index contributed by atoms with van der Waals surface area (Å²) in [6.07, 6.45) is -0.407. The maximum absolute atomic E-state index is 13.6. The molecule has 194 valence electrons.